The molecule has 1 unspecified atom stereocenters. The lowest BCUT2D eigenvalue weighted by Gasteiger charge is -2.10. The van der Waals surface area contributed by atoms with Crippen LogP contribution in [0.1, 0.15) is 24.1 Å². The largest absolute Gasteiger partial charge is 0.488 e. The van der Waals surface area contributed by atoms with Gasteiger partial charge in [0.05, 0.1) is 12.7 Å². The lowest BCUT2D eigenvalue weighted by Crippen LogP contribution is -2.29. The van der Waals surface area contributed by atoms with Gasteiger partial charge in [0.1, 0.15) is 23.4 Å². The van der Waals surface area contributed by atoms with E-state index in [1.807, 2.05) is 6.92 Å². The number of nitrogens with zero attached hydrogens (tertiary/aromatic N) is 1. The van der Waals surface area contributed by atoms with Crippen LogP contribution in [0.25, 0.3) is 0 Å². The monoisotopic (exact) mass is 276 g/mol. The number of oxazole rings is 1. The third-order valence-corrected chi connectivity index (χ3v) is 3.36. The van der Waals surface area contributed by atoms with Crippen LogP contribution < -0.4 is 10.1 Å². The third-order valence-electron chi connectivity index (χ3n) is 3.36. The van der Waals surface area contributed by atoms with Crippen molar-refractivity contribution in [2.24, 2.45) is 0 Å². The summed E-state index contributed by atoms with van der Waals surface area (Å²) in [7, 11) is 0. The summed E-state index contributed by atoms with van der Waals surface area (Å²) in [5.74, 6) is 2.14. The maximum atomic E-state index is 13.1. The molecule has 0 aliphatic carbocycles. The fourth-order valence-electron chi connectivity index (χ4n) is 2.34. The molecule has 2 heterocycles. The maximum absolute atomic E-state index is 13.1. The van der Waals surface area contributed by atoms with Crippen molar-refractivity contribution in [2.75, 3.05) is 6.54 Å². The molecule has 0 bridgehead atoms. The molecule has 20 heavy (non-hydrogen) atoms. The second-order valence-corrected chi connectivity index (χ2v) is 4.90. The summed E-state index contributed by atoms with van der Waals surface area (Å²) in [6.45, 7) is 3.28. The van der Waals surface area contributed by atoms with Crippen molar-refractivity contribution in [2.45, 2.75) is 32.4 Å². The number of benzene rings is 1. The molecule has 0 fully saturated rings. The second kappa shape index (κ2) is 5.63. The molecule has 1 atom stereocenters. The topological polar surface area (TPSA) is 47.3 Å². The summed E-state index contributed by atoms with van der Waals surface area (Å²) < 4.78 is 24.4. The molecular formula is C15H17FN2O2. The Morgan fingerprint density at radius 3 is 3.15 bits per heavy atom. The quantitative estimate of drug-likeness (QED) is 0.911. The zero-order chi connectivity index (χ0) is 13.9. The van der Waals surface area contributed by atoms with Gasteiger partial charge in [0, 0.05) is 24.9 Å². The van der Waals surface area contributed by atoms with Gasteiger partial charge in [0.25, 0.3) is 0 Å². The molecule has 1 aromatic carbocycles. The molecule has 1 aromatic heterocycles. The average Bonchev–Trinajstić information content (AvgIpc) is 3.04. The van der Waals surface area contributed by atoms with E-state index in [9.17, 15) is 4.39 Å². The third kappa shape index (κ3) is 2.82. The van der Waals surface area contributed by atoms with Crippen LogP contribution in [-0.2, 0) is 19.4 Å². The van der Waals surface area contributed by atoms with Crippen molar-refractivity contribution in [1.29, 1.82) is 0 Å². The van der Waals surface area contributed by atoms with Crippen LogP contribution in [0.2, 0.25) is 0 Å². The first-order valence-electron chi connectivity index (χ1n) is 6.84. The molecule has 1 N–H and O–H groups in total. The highest BCUT2D eigenvalue weighted by molar-refractivity contribution is 5.37. The Hall–Kier alpha value is -1.88. The molecule has 0 saturated carbocycles. The molecule has 5 heteroatoms. The highest BCUT2D eigenvalue weighted by atomic mass is 19.1. The molecule has 106 valence electrons. The summed E-state index contributed by atoms with van der Waals surface area (Å²) in [6.07, 6.45) is 3.36. The van der Waals surface area contributed by atoms with Gasteiger partial charge < -0.3 is 14.5 Å². The molecule has 0 radical (unpaired) electrons. The fraction of sp³-hybridized carbons (Fsp3) is 0.400. The molecule has 1 aliphatic heterocycles. The Balaban J connectivity index is 1.49. The Labute approximate surface area is 117 Å². The molecule has 4 nitrogen and oxygen atoms in total. The first kappa shape index (κ1) is 13.1. The number of hydrogen-bond acceptors (Lipinski definition) is 4. The lowest BCUT2D eigenvalue weighted by molar-refractivity contribution is 0.225. The Bertz CT molecular complexity index is 597. The van der Waals surface area contributed by atoms with E-state index in [4.69, 9.17) is 9.15 Å². The summed E-state index contributed by atoms with van der Waals surface area (Å²) >= 11 is 0. The molecule has 2 aromatic rings. The molecular weight excluding hydrogens is 259 g/mol. The highest BCUT2D eigenvalue weighted by Crippen LogP contribution is 2.28. The summed E-state index contributed by atoms with van der Waals surface area (Å²) in [5.41, 5.74) is 0.932. The zero-order valence-corrected chi connectivity index (χ0v) is 11.4. The van der Waals surface area contributed by atoms with Crippen molar-refractivity contribution >= 4 is 0 Å². The van der Waals surface area contributed by atoms with E-state index >= 15 is 0 Å². The molecule has 3 rings (SSSR count). The second-order valence-electron chi connectivity index (χ2n) is 4.90. The minimum absolute atomic E-state index is 0.0346. The smallest absolute Gasteiger partial charge is 0.208 e. The van der Waals surface area contributed by atoms with E-state index in [1.165, 1.54) is 12.1 Å². The minimum atomic E-state index is -0.215. The van der Waals surface area contributed by atoms with Gasteiger partial charge >= 0.3 is 0 Å². The van der Waals surface area contributed by atoms with E-state index < -0.39 is 0 Å². The Kier molecular flexibility index (Phi) is 3.69. The molecule has 0 spiro atoms. The van der Waals surface area contributed by atoms with E-state index in [0.717, 1.165) is 29.9 Å². The summed E-state index contributed by atoms with van der Waals surface area (Å²) in [4.78, 5) is 4.18. The van der Waals surface area contributed by atoms with Gasteiger partial charge in [-0.2, -0.15) is 0 Å². The first-order valence-corrected chi connectivity index (χ1v) is 6.84. The van der Waals surface area contributed by atoms with Gasteiger partial charge in [-0.25, -0.2) is 9.37 Å². The van der Waals surface area contributed by atoms with Gasteiger partial charge in [-0.1, -0.05) is 6.92 Å². The van der Waals surface area contributed by atoms with Crippen LogP contribution >= 0.6 is 0 Å². The van der Waals surface area contributed by atoms with Crippen molar-refractivity contribution in [1.82, 2.24) is 10.3 Å². The van der Waals surface area contributed by atoms with Gasteiger partial charge in [0.2, 0.25) is 5.89 Å². The van der Waals surface area contributed by atoms with Crippen LogP contribution in [0.5, 0.6) is 5.75 Å². The predicted octanol–water partition coefficient (Wildman–Crippen LogP) is 2.47. The SMILES string of the molecule is CCc1cnc(CNCC2Cc3cc(F)ccc3O2)o1. The van der Waals surface area contributed by atoms with Crippen LogP contribution in [0.4, 0.5) is 4.39 Å². The highest BCUT2D eigenvalue weighted by Gasteiger charge is 2.22. The van der Waals surface area contributed by atoms with Crippen molar-refractivity contribution in [3.05, 3.63) is 47.4 Å². The van der Waals surface area contributed by atoms with Crippen molar-refractivity contribution < 1.29 is 13.5 Å². The standard InChI is InChI=1S/C15H17FN2O2/c1-2-12-8-18-15(20-12)9-17-7-13-6-10-5-11(16)3-4-14(10)19-13/h3-5,8,13,17H,2,6-7,9H2,1H3. The fourth-order valence-corrected chi connectivity index (χ4v) is 2.34. The van der Waals surface area contributed by atoms with Gasteiger partial charge in [-0.15, -0.1) is 0 Å². The number of aryl methyl sites for hydroxylation is 1. The van der Waals surface area contributed by atoms with Crippen LogP contribution in [0, 0.1) is 5.82 Å². The van der Waals surface area contributed by atoms with Gasteiger partial charge in [-0.3, -0.25) is 0 Å². The van der Waals surface area contributed by atoms with E-state index in [0.29, 0.717) is 19.0 Å². The first-order chi connectivity index (χ1) is 9.74. The van der Waals surface area contributed by atoms with Crippen LogP contribution in [0.15, 0.2) is 28.8 Å². The average molecular weight is 276 g/mol. The number of ether oxygens (including phenoxy) is 1. The van der Waals surface area contributed by atoms with E-state index in [-0.39, 0.29) is 11.9 Å². The van der Waals surface area contributed by atoms with Crippen LogP contribution in [0.3, 0.4) is 0 Å². The summed E-state index contributed by atoms with van der Waals surface area (Å²) in [5, 5.41) is 3.26. The predicted molar refractivity (Wildman–Crippen MR) is 72.1 cm³/mol. The number of halogens is 1. The number of rotatable bonds is 5. The number of aromatic nitrogens is 1. The number of nitrogens with one attached hydrogen (secondary N) is 1. The molecule has 0 amide bonds. The lowest BCUT2D eigenvalue weighted by atomic mass is 10.1. The van der Waals surface area contributed by atoms with Crippen molar-refractivity contribution in [3.8, 4) is 5.75 Å². The molecule has 0 saturated heterocycles. The van der Waals surface area contributed by atoms with Gasteiger partial charge in [0.15, 0.2) is 0 Å². The Morgan fingerprint density at radius 1 is 1.45 bits per heavy atom. The van der Waals surface area contributed by atoms with Crippen LogP contribution in [-0.4, -0.2) is 17.6 Å². The number of fused-ring (bicyclic) bond motifs is 1. The molecule has 1 aliphatic rings. The van der Waals surface area contributed by atoms with E-state index in [2.05, 4.69) is 10.3 Å². The number of hydrogen-bond donors (Lipinski definition) is 1. The van der Waals surface area contributed by atoms with Crippen molar-refractivity contribution in [3.63, 3.8) is 0 Å². The maximum Gasteiger partial charge on any atom is 0.208 e. The summed E-state index contributed by atoms with van der Waals surface area (Å²) in [6, 6.07) is 4.65. The normalized spacial score (nSPS) is 17.0. The minimum Gasteiger partial charge on any atom is -0.488 e. The Morgan fingerprint density at radius 2 is 2.35 bits per heavy atom. The zero-order valence-electron chi connectivity index (χ0n) is 11.4. The van der Waals surface area contributed by atoms with Gasteiger partial charge in [-0.05, 0) is 18.2 Å². The van der Waals surface area contributed by atoms with E-state index in [1.54, 1.807) is 12.3 Å².